The molecule has 2 aliphatic rings. The number of benzene rings is 1. The van der Waals surface area contributed by atoms with Gasteiger partial charge in [-0.25, -0.2) is 13.6 Å². The minimum atomic E-state index is -0.896. The number of aromatic nitrogens is 1. The Balaban J connectivity index is 1.69. The fourth-order valence-corrected chi connectivity index (χ4v) is 4.49. The van der Waals surface area contributed by atoms with Crippen molar-refractivity contribution in [3.8, 4) is 5.75 Å². The molecule has 2 aliphatic heterocycles. The molecule has 37 heavy (non-hydrogen) atoms. The third-order valence-electron chi connectivity index (χ3n) is 6.65. The molecule has 0 bridgehead atoms. The maximum Gasteiger partial charge on any atom is 0.412 e. The Morgan fingerprint density at radius 2 is 2.03 bits per heavy atom. The van der Waals surface area contributed by atoms with Gasteiger partial charge in [-0.15, -0.1) is 0 Å². The summed E-state index contributed by atoms with van der Waals surface area (Å²) in [4.78, 5) is 52.9. The molecule has 1 N–H and O–H groups in total. The maximum absolute atomic E-state index is 14.0. The highest BCUT2D eigenvalue weighted by atomic mass is 19.1. The number of fused-ring (bicyclic) bond motifs is 2. The summed E-state index contributed by atoms with van der Waals surface area (Å²) in [6, 6.07) is 2.91. The number of rotatable bonds is 6. The number of hydrogen-bond donors (Lipinski definition) is 1. The fourth-order valence-electron chi connectivity index (χ4n) is 4.49. The van der Waals surface area contributed by atoms with Crippen molar-refractivity contribution in [2.45, 2.75) is 39.0 Å². The zero-order valence-corrected chi connectivity index (χ0v) is 20.6. The number of pyridine rings is 1. The number of carbonyl (C=O) groups is 3. The van der Waals surface area contributed by atoms with Crippen molar-refractivity contribution in [3.05, 3.63) is 63.1 Å². The summed E-state index contributed by atoms with van der Waals surface area (Å²) < 4.78 is 44.9. The van der Waals surface area contributed by atoms with Gasteiger partial charge in [-0.3, -0.25) is 14.4 Å². The van der Waals surface area contributed by atoms with Crippen LogP contribution in [-0.4, -0.2) is 60.8 Å². The van der Waals surface area contributed by atoms with Crippen LogP contribution in [0.15, 0.2) is 29.2 Å². The molecule has 1 aromatic carbocycles. The van der Waals surface area contributed by atoms with Crippen molar-refractivity contribution < 1.29 is 37.4 Å². The number of halogens is 2. The van der Waals surface area contributed by atoms with E-state index in [-0.39, 0.29) is 35.7 Å². The Bertz CT molecular complexity index is 1310. The average Bonchev–Trinajstić information content (AvgIpc) is 2.85. The van der Waals surface area contributed by atoms with Gasteiger partial charge in [0.15, 0.2) is 11.5 Å². The molecule has 0 aliphatic carbocycles. The highest BCUT2D eigenvalue weighted by molar-refractivity contribution is 6.03. The molecule has 0 unspecified atom stereocenters. The Hall–Kier alpha value is -3.80. The van der Waals surface area contributed by atoms with Crippen LogP contribution in [0.1, 0.15) is 46.2 Å². The number of carbonyl (C=O) groups excluding carboxylic acids is 3. The summed E-state index contributed by atoms with van der Waals surface area (Å²) in [5.74, 6) is -3.28. The Morgan fingerprint density at radius 1 is 1.27 bits per heavy atom. The number of hydrogen-bond acceptors (Lipinski definition) is 7. The smallest absolute Gasteiger partial charge is 0.412 e. The van der Waals surface area contributed by atoms with Crippen LogP contribution in [0.25, 0.3) is 0 Å². The molecule has 198 valence electrons. The standard InChI is InChI=1S/C25H27F2N3O7/c1-25-7-4-8-35-18(25)12-30-11-16(23(33)28-10-14-5-6-15(26)9-17(14)27)20(31)21(19(30)22(25)32)36-13-37-24(34)29(2)3/h5-6,9,11,18H,4,7-8,10,12-13H2,1-3H3,(H,28,33)/t18-,25-/m0/s1. The monoisotopic (exact) mass is 519 g/mol. The van der Waals surface area contributed by atoms with Gasteiger partial charge in [-0.1, -0.05) is 6.07 Å². The van der Waals surface area contributed by atoms with E-state index in [0.717, 1.165) is 11.0 Å². The molecule has 3 heterocycles. The molecule has 0 radical (unpaired) electrons. The van der Waals surface area contributed by atoms with E-state index in [1.807, 2.05) is 0 Å². The van der Waals surface area contributed by atoms with Crippen molar-refractivity contribution in [2.24, 2.45) is 5.41 Å². The maximum atomic E-state index is 14.0. The lowest BCUT2D eigenvalue weighted by atomic mass is 9.71. The Morgan fingerprint density at radius 3 is 2.73 bits per heavy atom. The second kappa shape index (κ2) is 10.3. The predicted molar refractivity (Wildman–Crippen MR) is 125 cm³/mol. The number of ether oxygens (including phenoxy) is 3. The summed E-state index contributed by atoms with van der Waals surface area (Å²) >= 11 is 0. The zero-order valence-electron chi connectivity index (χ0n) is 20.6. The van der Waals surface area contributed by atoms with Crippen molar-refractivity contribution in [1.82, 2.24) is 14.8 Å². The summed E-state index contributed by atoms with van der Waals surface area (Å²) in [7, 11) is 2.92. The third kappa shape index (κ3) is 5.06. The number of nitrogens with zero attached hydrogens (tertiary/aromatic N) is 2. The van der Waals surface area contributed by atoms with Gasteiger partial charge in [0.2, 0.25) is 12.2 Å². The molecular weight excluding hydrogens is 492 g/mol. The third-order valence-corrected chi connectivity index (χ3v) is 6.65. The number of amides is 2. The van der Waals surface area contributed by atoms with Crippen LogP contribution in [-0.2, 0) is 22.6 Å². The van der Waals surface area contributed by atoms with Gasteiger partial charge >= 0.3 is 6.09 Å². The van der Waals surface area contributed by atoms with Gasteiger partial charge in [0, 0.05) is 45.1 Å². The first-order valence-corrected chi connectivity index (χ1v) is 11.7. The van der Waals surface area contributed by atoms with E-state index in [0.29, 0.717) is 25.5 Å². The zero-order chi connectivity index (χ0) is 26.9. The Labute approximate surface area is 211 Å². The fraction of sp³-hybridized carbons (Fsp3) is 0.440. The molecular formula is C25H27F2N3O7. The van der Waals surface area contributed by atoms with Crippen LogP contribution in [0.3, 0.4) is 0 Å². The van der Waals surface area contributed by atoms with Gasteiger partial charge in [0.1, 0.15) is 22.9 Å². The molecule has 12 heteroatoms. The lowest BCUT2D eigenvalue weighted by Gasteiger charge is -2.44. The van der Waals surface area contributed by atoms with Crippen LogP contribution in [0.2, 0.25) is 0 Å². The van der Waals surface area contributed by atoms with Crippen LogP contribution >= 0.6 is 0 Å². The summed E-state index contributed by atoms with van der Waals surface area (Å²) in [6.45, 7) is 1.43. The normalized spacial score (nSPS) is 20.5. The highest BCUT2D eigenvalue weighted by Gasteiger charge is 2.50. The van der Waals surface area contributed by atoms with Crippen LogP contribution in [0.5, 0.6) is 5.75 Å². The average molecular weight is 520 g/mol. The number of ketones is 1. The summed E-state index contributed by atoms with van der Waals surface area (Å²) in [5, 5.41) is 2.44. The minimum absolute atomic E-state index is 0.0152. The molecule has 4 rings (SSSR count). The molecule has 2 aromatic rings. The molecule has 1 aromatic heterocycles. The predicted octanol–water partition coefficient (Wildman–Crippen LogP) is 2.47. The first-order chi connectivity index (χ1) is 17.5. The largest absolute Gasteiger partial charge is 0.451 e. The van der Waals surface area contributed by atoms with E-state index >= 15 is 0 Å². The molecule has 1 saturated heterocycles. The van der Waals surface area contributed by atoms with E-state index in [1.165, 1.54) is 30.9 Å². The topological polar surface area (TPSA) is 116 Å². The molecule has 10 nitrogen and oxygen atoms in total. The van der Waals surface area contributed by atoms with Gasteiger partial charge in [0.25, 0.3) is 5.91 Å². The van der Waals surface area contributed by atoms with Crippen LogP contribution in [0.4, 0.5) is 13.6 Å². The van der Waals surface area contributed by atoms with Crippen molar-refractivity contribution in [1.29, 1.82) is 0 Å². The van der Waals surface area contributed by atoms with E-state index in [4.69, 9.17) is 14.2 Å². The van der Waals surface area contributed by atoms with Gasteiger partial charge in [-0.2, -0.15) is 0 Å². The van der Waals surface area contributed by atoms with E-state index in [1.54, 1.807) is 6.92 Å². The number of Topliss-reactive ketones (excluding diaryl/α,β-unsaturated/α-hetero) is 1. The minimum Gasteiger partial charge on any atom is -0.451 e. The van der Waals surface area contributed by atoms with E-state index in [9.17, 15) is 28.0 Å². The van der Waals surface area contributed by atoms with E-state index < -0.39 is 53.1 Å². The lowest BCUT2D eigenvalue weighted by Crippen LogP contribution is -2.52. The lowest BCUT2D eigenvalue weighted by molar-refractivity contribution is -0.0743. The second-order valence-electron chi connectivity index (χ2n) is 9.40. The Kier molecular flexibility index (Phi) is 7.30. The van der Waals surface area contributed by atoms with Crippen LogP contribution < -0.4 is 15.5 Å². The van der Waals surface area contributed by atoms with Crippen molar-refractivity contribution in [2.75, 3.05) is 27.5 Å². The van der Waals surface area contributed by atoms with Gasteiger partial charge < -0.3 is 29.0 Å². The van der Waals surface area contributed by atoms with Gasteiger partial charge in [-0.05, 0) is 25.8 Å². The van der Waals surface area contributed by atoms with Crippen molar-refractivity contribution in [3.63, 3.8) is 0 Å². The van der Waals surface area contributed by atoms with Crippen molar-refractivity contribution >= 4 is 17.8 Å². The molecule has 0 spiro atoms. The van der Waals surface area contributed by atoms with Crippen LogP contribution in [0, 0.1) is 17.0 Å². The van der Waals surface area contributed by atoms with Gasteiger partial charge in [0.05, 0.1) is 18.1 Å². The van der Waals surface area contributed by atoms with E-state index in [2.05, 4.69) is 5.32 Å². The SMILES string of the molecule is CN(C)C(=O)OCOc1c2n(cc(C(=O)NCc3ccc(F)cc3F)c1=O)C[C@@H]1OCCC[C@]1(C)C2=O. The first-order valence-electron chi connectivity index (χ1n) is 11.7. The first kappa shape index (κ1) is 26.3. The number of nitrogens with one attached hydrogen (secondary N) is 1. The highest BCUT2D eigenvalue weighted by Crippen LogP contribution is 2.42. The molecule has 0 saturated carbocycles. The second-order valence-corrected chi connectivity index (χ2v) is 9.40. The summed E-state index contributed by atoms with van der Waals surface area (Å²) in [6.07, 6.45) is 1.24. The molecule has 1 fully saturated rings. The quantitative estimate of drug-likeness (QED) is 0.583. The summed E-state index contributed by atoms with van der Waals surface area (Å²) in [5.41, 5.74) is -2.19. The molecule has 2 atom stereocenters. The molecule has 2 amide bonds.